The number of carbonyl (C=O) groups is 1. The molecule has 0 spiro atoms. The Bertz CT molecular complexity index is 1010. The molecule has 1 aliphatic heterocycles. The van der Waals surface area contributed by atoms with Crippen LogP contribution in [0.4, 0.5) is 0 Å². The number of benzene rings is 1. The second-order valence-electron chi connectivity index (χ2n) is 5.57. The summed E-state index contributed by atoms with van der Waals surface area (Å²) in [5.74, 6) is -0.0481. The molecule has 1 aromatic carbocycles. The topological polar surface area (TPSA) is 69.9 Å². The number of pyridine rings is 1. The SMILES string of the molecule is COc1cccc(C2CC(=O)Oc3nc4ccccn4c(=O)c32)c1. The average Bonchev–Trinajstić information content (AvgIpc) is 2.61. The molecule has 3 heterocycles. The van der Waals surface area contributed by atoms with Crippen molar-refractivity contribution >= 4 is 11.6 Å². The molecule has 1 unspecified atom stereocenters. The molecule has 0 N–H and O–H groups in total. The standard InChI is InChI=1S/C18H14N2O4/c1-23-12-6-4-5-11(9-12)13-10-15(21)24-17-16(13)18(22)20-8-3-2-7-14(20)19-17/h2-9,13H,10H2,1H3. The van der Waals surface area contributed by atoms with Crippen LogP contribution >= 0.6 is 0 Å². The molecule has 2 aromatic heterocycles. The number of methoxy groups -OCH3 is 1. The van der Waals surface area contributed by atoms with E-state index in [0.717, 1.165) is 5.56 Å². The lowest BCUT2D eigenvalue weighted by atomic mass is 9.88. The lowest BCUT2D eigenvalue weighted by molar-refractivity contribution is -0.135. The van der Waals surface area contributed by atoms with Gasteiger partial charge >= 0.3 is 5.97 Å². The summed E-state index contributed by atoms with van der Waals surface area (Å²) >= 11 is 0. The first-order valence-corrected chi connectivity index (χ1v) is 7.53. The first-order chi connectivity index (χ1) is 11.7. The zero-order valence-electron chi connectivity index (χ0n) is 12.9. The van der Waals surface area contributed by atoms with Gasteiger partial charge in [0.2, 0.25) is 5.88 Å². The monoisotopic (exact) mass is 322 g/mol. The van der Waals surface area contributed by atoms with Crippen LogP contribution in [0.2, 0.25) is 0 Å². The van der Waals surface area contributed by atoms with Crippen LogP contribution in [-0.2, 0) is 4.79 Å². The fourth-order valence-electron chi connectivity index (χ4n) is 3.02. The highest BCUT2D eigenvalue weighted by Gasteiger charge is 2.33. The van der Waals surface area contributed by atoms with Crippen molar-refractivity contribution in [2.75, 3.05) is 7.11 Å². The first-order valence-electron chi connectivity index (χ1n) is 7.53. The molecule has 1 aliphatic rings. The number of esters is 1. The van der Waals surface area contributed by atoms with Crippen molar-refractivity contribution in [1.29, 1.82) is 0 Å². The molecule has 4 rings (SSSR count). The summed E-state index contributed by atoms with van der Waals surface area (Å²) in [6.07, 6.45) is 1.75. The van der Waals surface area contributed by atoms with Gasteiger partial charge in [-0.25, -0.2) is 0 Å². The molecule has 0 fully saturated rings. The Hall–Kier alpha value is -3.15. The number of nitrogens with zero attached hydrogens (tertiary/aromatic N) is 2. The van der Waals surface area contributed by atoms with E-state index < -0.39 is 11.9 Å². The minimum atomic E-state index is -0.409. The molecule has 0 saturated heterocycles. The van der Waals surface area contributed by atoms with E-state index in [1.807, 2.05) is 24.3 Å². The molecule has 0 aliphatic carbocycles. The summed E-state index contributed by atoms with van der Waals surface area (Å²) in [6, 6.07) is 12.6. The van der Waals surface area contributed by atoms with Gasteiger partial charge in [-0.1, -0.05) is 18.2 Å². The molecule has 0 amide bonds. The largest absolute Gasteiger partial charge is 0.497 e. The summed E-state index contributed by atoms with van der Waals surface area (Å²) in [4.78, 5) is 29.3. The second kappa shape index (κ2) is 5.49. The highest BCUT2D eigenvalue weighted by molar-refractivity contribution is 5.77. The number of carbonyl (C=O) groups excluding carboxylic acids is 1. The molecule has 6 nitrogen and oxygen atoms in total. The normalized spacial score (nSPS) is 16.5. The van der Waals surface area contributed by atoms with Crippen molar-refractivity contribution in [3.05, 3.63) is 70.1 Å². The van der Waals surface area contributed by atoms with Gasteiger partial charge in [-0.3, -0.25) is 14.0 Å². The van der Waals surface area contributed by atoms with Crippen LogP contribution in [0.25, 0.3) is 5.65 Å². The van der Waals surface area contributed by atoms with Crippen molar-refractivity contribution < 1.29 is 14.3 Å². The third-order valence-electron chi connectivity index (χ3n) is 4.16. The van der Waals surface area contributed by atoms with Gasteiger partial charge in [0.05, 0.1) is 19.1 Å². The van der Waals surface area contributed by atoms with Gasteiger partial charge in [0, 0.05) is 12.1 Å². The van der Waals surface area contributed by atoms with Crippen LogP contribution in [0.1, 0.15) is 23.5 Å². The molecule has 0 bridgehead atoms. The van der Waals surface area contributed by atoms with E-state index in [0.29, 0.717) is 17.0 Å². The molecule has 3 aromatic rings. The predicted octanol–water partition coefficient (Wildman–Crippen LogP) is 2.14. The fraction of sp³-hybridized carbons (Fsp3) is 0.167. The summed E-state index contributed by atoms with van der Waals surface area (Å²) in [5, 5.41) is 0. The van der Waals surface area contributed by atoms with Gasteiger partial charge in [-0.2, -0.15) is 4.98 Å². The molecule has 120 valence electrons. The summed E-state index contributed by atoms with van der Waals surface area (Å²) < 4.78 is 11.9. The zero-order chi connectivity index (χ0) is 16.7. The first kappa shape index (κ1) is 14.4. The summed E-state index contributed by atoms with van der Waals surface area (Å²) in [5.41, 5.74) is 1.44. The highest BCUT2D eigenvalue weighted by atomic mass is 16.5. The van der Waals surface area contributed by atoms with E-state index in [4.69, 9.17) is 9.47 Å². The van der Waals surface area contributed by atoms with E-state index in [1.54, 1.807) is 31.5 Å². The van der Waals surface area contributed by atoms with Crippen LogP contribution in [0.5, 0.6) is 11.6 Å². The lowest BCUT2D eigenvalue weighted by Crippen LogP contribution is -2.31. The van der Waals surface area contributed by atoms with E-state index in [1.165, 1.54) is 4.40 Å². The fourth-order valence-corrected chi connectivity index (χ4v) is 3.02. The Morgan fingerprint density at radius 2 is 2.08 bits per heavy atom. The number of hydrogen-bond donors (Lipinski definition) is 0. The highest BCUT2D eigenvalue weighted by Crippen LogP contribution is 2.36. The van der Waals surface area contributed by atoms with Crippen LogP contribution < -0.4 is 15.0 Å². The van der Waals surface area contributed by atoms with Crippen molar-refractivity contribution in [1.82, 2.24) is 9.38 Å². The number of rotatable bonds is 2. The minimum absolute atomic E-state index is 0.0928. The maximum atomic E-state index is 12.9. The van der Waals surface area contributed by atoms with Crippen molar-refractivity contribution in [3.63, 3.8) is 0 Å². The Morgan fingerprint density at radius 3 is 2.92 bits per heavy atom. The summed E-state index contributed by atoms with van der Waals surface area (Å²) in [7, 11) is 1.58. The Labute approximate surface area is 137 Å². The molecular weight excluding hydrogens is 308 g/mol. The molecule has 0 radical (unpaired) electrons. The number of fused-ring (bicyclic) bond motifs is 2. The van der Waals surface area contributed by atoms with Gasteiger partial charge in [0.1, 0.15) is 11.4 Å². The number of hydrogen-bond acceptors (Lipinski definition) is 5. The second-order valence-corrected chi connectivity index (χ2v) is 5.57. The molecule has 0 saturated carbocycles. The van der Waals surface area contributed by atoms with Gasteiger partial charge in [0.25, 0.3) is 5.56 Å². The Balaban J connectivity index is 1.97. The van der Waals surface area contributed by atoms with Crippen LogP contribution in [-0.4, -0.2) is 22.5 Å². The van der Waals surface area contributed by atoms with E-state index in [-0.39, 0.29) is 17.9 Å². The number of ether oxygens (including phenoxy) is 2. The minimum Gasteiger partial charge on any atom is -0.497 e. The van der Waals surface area contributed by atoms with Crippen molar-refractivity contribution in [2.24, 2.45) is 0 Å². The van der Waals surface area contributed by atoms with Crippen LogP contribution in [0.15, 0.2) is 53.5 Å². The predicted molar refractivity (Wildman–Crippen MR) is 86.6 cm³/mol. The Morgan fingerprint density at radius 1 is 1.21 bits per heavy atom. The van der Waals surface area contributed by atoms with Gasteiger partial charge < -0.3 is 9.47 Å². The quantitative estimate of drug-likeness (QED) is 0.676. The van der Waals surface area contributed by atoms with Crippen molar-refractivity contribution in [2.45, 2.75) is 12.3 Å². The van der Waals surface area contributed by atoms with Gasteiger partial charge in [-0.15, -0.1) is 0 Å². The average molecular weight is 322 g/mol. The molecular formula is C18H14N2O4. The number of aromatic nitrogens is 2. The van der Waals surface area contributed by atoms with Crippen LogP contribution in [0, 0.1) is 0 Å². The summed E-state index contributed by atoms with van der Waals surface area (Å²) in [6.45, 7) is 0. The van der Waals surface area contributed by atoms with E-state index in [9.17, 15) is 9.59 Å². The maximum absolute atomic E-state index is 12.9. The maximum Gasteiger partial charge on any atom is 0.313 e. The van der Waals surface area contributed by atoms with E-state index >= 15 is 0 Å². The lowest BCUT2D eigenvalue weighted by Gasteiger charge is -2.23. The third-order valence-corrected chi connectivity index (χ3v) is 4.16. The molecule has 24 heavy (non-hydrogen) atoms. The third kappa shape index (κ3) is 2.23. The van der Waals surface area contributed by atoms with E-state index in [2.05, 4.69) is 4.98 Å². The van der Waals surface area contributed by atoms with Crippen molar-refractivity contribution in [3.8, 4) is 11.6 Å². The smallest absolute Gasteiger partial charge is 0.313 e. The zero-order valence-corrected chi connectivity index (χ0v) is 12.9. The molecule has 6 heteroatoms. The Kier molecular flexibility index (Phi) is 3.30. The van der Waals surface area contributed by atoms with Gasteiger partial charge in [0.15, 0.2) is 0 Å². The van der Waals surface area contributed by atoms with Crippen LogP contribution in [0.3, 0.4) is 0 Å². The van der Waals surface area contributed by atoms with Gasteiger partial charge in [-0.05, 0) is 29.8 Å². The molecule has 1 atom stereocenters.